The number of amides is 2. The Morgan fingerprint density at radius 1 is 1.28 bits per heavy atom. The number of benzene rings is 1. The standard InChI is InChI=1S/C19H23N3O2S/c1-12-11-17(21-16-6-4-3-5-15(12)16)25-13(2)19(24)22-9-7-14(8-10-22)18(20)23/h3-6,11,13-14H,7-10H2,1-2H3,(H2,20,23). The van der Waals surface area contributed by atoms with E-state index in [-0.39, 0.29) is 23.0 Å². The zero-order chi connectivity index (χ0) is 18.0. The molecule has 0 bridgehead atoms. The Kier molecular flexibility index (Phi) is 5.27. The highest BCUT2D eigenvalue weighted by molar-refractivity contribution is 8.00. The predicted molar refractivity (Wildman–Crippen MR) is 100 cm³/mol. The molecule has 3 rings (SSSR count). The van der Waals surface area contributed by atoms with Crippen molar-refractivity contribution in [1.29, 1.82) is 0 Å². The van der Waals surface area contributed by atoms with Crippen LogP contribution < -0.4 is 5.73 Å². The van der Waals surface area contributed by atoms with Gasteiger partial charge in [-0.25, -0.2) is 4.98 Å². The molecule has 0 spiro atoms. The van der Waals surface area contributed by atoms with E-state index in [4.69, 9.17) is 5.73 Å². The number of thioether (sulfide) groups is 1. The third-order valence-corrected chi connectivity index (χ3v) is 5.76. The maximum Gasteiger partial charge on any atom is 0.235 e. The molecule has 1 aromatic heterocycles. The normalized spacial score (nSPS) is 16.8. The van der Waals surface area contributed by atoms with Crippen molar-refractivity contribution in [3.8, 4) is 0 Å². The molecule has 1 aromatic carbocycles. The van der Waals surface area contributed by atoms with Gasteiger partial charge in [0.1, 0.15) is 0 Å². The lowest BCUT2D eigenvalue weighted by Gasteiger charge is -2.32. The number of piperidine rings is 1. The third-order valence-electron chi connectivity index (χ3n) is 4.75. The Hall–Kier alpha value is -2.08. The first kappa shape index (κ1) is 17.7. The summed E-state index contributed by atoms with van der Waals surface area (Å²) in [5, 5.41) is 1.79. The first-order valence-electron chi connectivity index (χ1n) is 8.57. The van der Waals surface area contributed by atoms with E-state index >= 15 is 0 Å². The quantitative estimate of drug-likeness (QED) is 0.854. The van der Waals surface area contributed by atoms with Crippen LogP contribution in [0.25, 0.3) is 10.9 Å². The molecule has 25 heavy (non-hydrogen) atoms. The molecule has 1 aliphatic heterocycles. The summed E-state index contributed by atoms with van der Waals surface area (Å²) in [6, 6.07) is 10.1. The number of pyridine rings is 1. The molecule has 2 aromatic rings. The van der Waals surface area contributed by atoms with Crippen molar-refractivity contribution in [2.75, 3.05) is 13.1 Å². The topological polar surface area (TPSA) is 76.3 Å². The Labute approximate surface area is 152 Å². The van der Waals surface area contributed by atoms with Crippen LogP contribution in [-0.2, 0) is 9.59 Å². The minimum absolute atomic E-state index is 0.0977. The predicted octanol–water partition coefficient (Wildman–Crippen LogP) is 2.75. The van der Waals surface area contributed by atoms with Gasteiger partial charge in [0.05, 0.1) is 15.8 Å². The van der Waals surface area contributed by atoms with Crippen LogP contribution in [-0.4, -0.2) is 40.0 Å². The lowest BCUT2D eigenvalue weighted by Crippen LogP contribution is -2.44. The minimum atomic E-state index is -0.259. The van der Waals surface area contributed by atoms with Gasteiger partial charge in [-0.2, -0.15) is 0 Å². The molecule has 1 saturated heterocycles. The summed E-state index contributed by atoms with van der Waals surface area (Å²) < 4.78 is 0. The molecule has 5 nitrogen and oxygen atoms in total. The van der Waals surface area contributed by atoms with Gasteiger partial charge in [0.2, 0.25) is 11.8 Å². The summed E-state index contributed by atoms with van der Waals surface area (Å²) in [7, 11) is 0. The van der Waals surface area contributed by atoms with E-state index in [1.54, 1.807) is 0 Å². The van der Waals surface area contributed by atoms with Crippen molar-refractivity contribution in [3.05, 3.63) is 35.9 Å². The van der Waals surface area contributed by atoms with E-state index in [2.05, 4.69) is 18.0 Å². The zero-order valence-electron chi connectivity index (χ0n) is 14.6. The van der Waals surface area contributed by atoms with Crippen molar-refractivity contribution >= 4 is 34.5 Å². The Morgan fingerprint density at radius 2 is 1.96 bits per heavy atom. The summed E-state index contributed by atoms with van der Waals surface area (Å²) in [4.78, 5) is 30.4. The molecule has 1 atom stereocenters. The van der Waals surface area contributed by atoms with Crippen LogP contribution in [0.4, 0.5) is 0 Å². The van der Waals surface area contributed by atoms with Gasteiger partial charge in [-0.1, -0.05) is 30.0 Å². The first-order valence-corrected chi connectivity index (χ1v) is 9.45. The Bertz CT molecular complexity index is 800. The maximum atomic E-state index is 12.7. The van der Waals surface area contributed by atoms with E-state index in [0.717, 1.165) is 21.5 Å². The van der Waals surface area contributed by atoms with Gasteiger partial charge in [-0.3, -0.25) is 9.59 Å². The van der Waals surface area contributed by atoms with Crippen molar-refractivity contribution < 1.29 is 9.59 Å². The second-order valence-electron chi connectivity index (χ2n) is 6.56. The second kappa shape index (κ2) is 7.44. The Morgan fingerprint density at radius 3 is 2.64 bits per heavy atom. The molecule has 0 saturated carbocycles. The third kappa shape index (κ3) is 3.95. The highest BCUT2D eigenvalue weighted by Gasteiger charge is 2.28. The molecular formula is C19H23N3O2S. The number of nitrogens with zero attached hydrogens (tertiary/aromatic N) is 2. The van der Waals surface area contributed by atoms with E-state index in [1.165, 1.54) is 11.8 Å². The lowest BCUT2D eigenvalue weighted by molar-refractivity contribution is -0.134. The number of carbonyl (C=O) groups is 2. The summed E-state index contributed by atoms with van der Waals surface area (Å²) in [6.07, 6.45) is 1.32. The molecule has 2 amide bonds. The number of likely N-dealkylation sites (tertiary alicyclic amines) is 1. The number of hydrogen-bond donors (Lipinski definition) is 1. The molecule has 6 heteroatoms. The highest BCUT2D eigenvalue weighted by atomic mass is 32.2. The van der Waals surface area contributed by atoms with Crippen LogP contribution in [0.1, 0.15) is 25.3 Å². The second-order valence-corrected chi connectivity index (χ2v) is 7.92. The molecular weight excluding hydrogens is 334 g/mol. The lowest BCUT2D eigenvalue weighted by atomic mass is 9.96. The molecule has 2 heterocycles. The van der Waals surface area contributed by atoms with E-state index in [1.807, 2.05) is 36.1 Å². The summed E-state index contributed by atoms with van der Waals surface area (Å²) >= 11 is 1.49. The van der Waals surface area contributed by atoms with Gasteiger partial charge in [0.15, 0.2) is 0 Å². The van der Waals surface area contributed by atoms with Crippen LogP contribution in [0.5, 0.6) is 0 Å². The summed E-state index contributed by atoms with van der Waals surface area (Å²) in [5.41, 5.74) is 7.47. The highest BCUT2D eigenvalue weighted by Crippen LogP contribution is 2.28. The molecule has 1 aliphatic rings. The van der Waals surface area contributed by atoms with Gasteiger partial charge < -0.3 is 10.6 Å². The largest absolute Gasteiger partial charge is 0.369 e. The number of nitrogens with two attached hydrogens (primary N) is 1. The zero-order valence-corrected chi connectivity index (χ0v) is 15.4. The number of fused-ring (bicyclic) bond motifs is 1. The molecule has 132 valence electrons. The molecule has 0 radical (unpaired) electrons. The maximum absolute atomic E-state index is 12.7. The van der Waals surface area contributed by atoms with Crippen molar-refractivity contribution in [2.24, 2.45) is 11.7 Å². The number of primary amides is 1. The van der Waals surface area contributed by atoms with Gasteiger partial charge in [0, 0.05) is 24.4 Å². The van der Waals surface area contributed by atoms with Crippen LogP contribution in [0, 0.1) is 12.8 Å². The fourth-order valence-electron chi connectivity index (χ4n) is 3.25. The molecule has 1 fully saturated rings. The summed E-state index contributed by atoms with van der Waals surface area (Å²) in [6.45, 7) is 5.18. The van der Waals surface area contributed by atoms with E-state index < -0.39 is 0 Å². The number of carbonyl (C=O) groups excluding carboxylic acids is 2. The van der Waals surface area contributed by atoms with Crippen molar-refractivity contribution in [3.63, 3.8) is 0 Å². The van der Waals surface area contributed by atoms with E-state index in [9.17, 15) is 9.59 Å². The molecule has 0 aliphatic carbocycles. The van der Waals surface area contributed by atoms with Crippen LogP contribution in [0.2, 0.25) is 0 Å². The minimum Gasteiger partial charge on any atom is -0.369 e. The number of hydrogen-bond acceptors (Lipinski definition) is 4. The van der Waals surface area contributed by atoms with Crippen molar-refractivity contribution in [1.82, 2.24) is 9.88 Å². The number of aromatic nitrogens is 1. The summed E-state index contributed by atoms with van der Waals surface area (Å²) in [5.74, 6) is -0.261. The Balaban J connectivity index is 1.67. The SMILES string of the molecule is Cc1cc(SC(C)C(=O)N2CCC(C(N)=O)CC2)nc2ccccc12. The van der Waals surface area contributed by atoms with Gasteiger partial charge in [-0.15, -0.1) is 0 Å². The van der Waals surface area contributed by atoms with Gasteiger partial charge >= 0.3 is 0 Å². The molecule has 1 unspecified atom stereocenters. The molecule has 2 N–H and O–H groups in total. The number of rotatable bonds is 4. The number of aryl methyl sites for hydroxylation is 1. The van der Waals surface area contributed by atoms with Gasteiger partial charge in [0.25, 0.3) is 0 Å². The smallest absolute Gasteiger partial charge is 0.235 e. The van der Waals surface area contributed by atoms with Crippen LogP contribution in [0.15, 0.2) is 35.4 Å². The fraction of sp³-hybridized carbons (Fsp3) is 0.421. The van der Waals surface area contributed by atoms with Crippen LogP contribution >= 0.6 is 11.8 Å². The monoisotopic (exact) mass is 357 g/mol. The van der Waals surface area contributed by atoms with E-state index in [0.29, 0.717) is 25.9 Å². The van der Waals surface area contributed by atoms with Crippen LogP contribution in [0.3, 0.4) is 0 Å². The fourth-order valence-corrected chi connectivity index (χ4v) is 4.26. The average Bonchev–Trinajstić information content (AvgIpc) is 2.61. The number of para-hydroxylation sites is 1. The van der Waals surface area contributed by atoms with Gasteiger partial charge in [-0.05, 0) is 44.4 Å². The van der Waals surface area contributed by atoms with Crippen molar-refractivity contribution in [2.45, 2.75) is 37.0 Å². The average molecular weight is 357 g/mol. The first-order chi connectivity index (χ1) is 12.0.